The van der Waals surface area contributed by atoms with Crippen LogP contribution in [0.5, 0.6) is 0 Å². The van der Waals surface area contributed by atoms with E-state index in [1.165, 1.54) is 30.5 Å². The average Bonchev–Trinajstić information content (AvgIpc) is 2.47. The van der Waals surface area contributed by atoms with Gasteiger partial charge >= 0.3 is 0 Å². The molecule has 3 N–H and O–H groups in total. The summed E-state index contributed by atoms with van der Waals surface area (Å²) in [7, 11) is 1.98. The summed E-state index contributed by atoms with van der Waals surface area (Å²) in [5, 5.41) is 3.07. The number of carbonyl (C=O) groups is 1. The van der Waals surface area contributed by atoms with Crippen LogP contribution in [-0.4, -0.2) is 26.4 Å². The van der Waals surface area contributed by atoms with Gasteiger partial charge in [0.05, 0.1) is 0 Å². The van der Waals surface area contributed by atoms with Gasteiger partial charge in [-0.15, -0.1) is 0 Å². The molecule has 0 atom stereocenters. The molecule has 110 valence electrons. The number of carbonyl (C=O) groups excluding carboxylic acids is 1. The van der Waals surface area contributed by atoms with E-state index in [1.54, 1.807) is 12.1 Å². The van der Waals surface area contributed by atoms with Gasteiger partial charge in [-0.25, -0.2) is 4.39 Å². The number of nitrogens with two attached hydrogens (primary N) is 1. The van der Waals surface area contributed by atoms with Crippen molar-refractivity contribution in [1.29, 1.82) is 0 Å². The first-order valence-electron chi connectivity index (χ1n) is 6.68. The van der Waals surface area contributed by atoms with Gasteiger partial charge in [-0.05, 0) is 44.1 Å². The minimum Gasteiger partial charge on any atom is -0.324 e. The molecule has 0 aliphatic carbocycles. The molecular weight excluding hydrogens is 243 g/mol. The molecule has 0 bridgehead atoms. The Morgan fingerprint density at radius 3 is 2.05 bits per heavy atom. The number of nitrogens with one attached hydrogen (secondary N) is 1. The Kier molecular flexibility index (Phi) is 17.7. The van der Waals surface area contributed by atoms with Crippen molar-refractivity contribution in [3.63, 3.8) is 0 Å². The van der Waals surface area contributed by atoms with Gasteiger partial charge in [-0.2, -0.15) is 0 Å². The van der Waals surface area contributed by atoms with Crippen LogP contribution in [0.4, 0.5) is 4.39 Å². The first-order valence-corrected chi connectivity index (χ1v) is 6.68. The molecule has 1 aromatic carbocycles. The standard InChI is InChI=1S/C8H9F.C5H13N.C2H5NO/c1-2-7-3-5-8(9)6-4-7;1-3-4-5-6-2;3-1-2-4/h3-6H,2H2,1H3;6H,3-5H2,1-2H3;2H,1,3H2. The van der Waals surface area contributed by atoms with Crippen molar-refractivity contribution in [2.24, 2.45) is 5.73 Å². The highest BCUT2D eigenvalue weighted by molar-refractivity contribution is 5.51. The van der Waals surface area contributed by atoms with E-state index in [-0.39, 0.29) is 12.4 Å². The van der Waals surface area contributed by atoms with Gasteiger partial charge in [0.15, 0.2) is 0 Å². The second-order valence-corrected chi connectivity index (χ2v) is 3.84. The van der Waals surface area contributed by atoms with Crippen LogP contribution >= 0.6 is 0 Å². The summed E-state index contributed by atoms with van der Waals surface area (Å²) in [6.45, 7) is 5.54. The van der Waals surface area contributed by atoms with E-state index in [0.29, 0.717) is 6.29 Å². The maximum absolute atomic E-state index is 12.2. The highest BCUT2D eigenvalue weighted by atomic mass is 19.1. The number of unbranched alkanes of at least 4 members (excludes halogenated alkanes) is 1. The number of rotatable bonds is 5. The van der Waals surface area contributed by atoms with E-state index in [9.17, 15) is 4.39 Å². The predicted octanol–water partition coefficient (Wildman–Crippen LogP) is 2.54. The van der Waals surface area contributed by atoms with Gasteiger partial charge in [-0.3, -0.25) is 0 Å². The average molecular weight is 270 g/mol. The van der Waals surface area contributed by atoms with E-state index in [4.69, 9.17) is 4.79 Å². The van der Waals surface area contributed by atoms with Crippen LogP contribution in [0.1, 0.15) is 32.3 Å². The van der Waals surface area contributed by atoms with Crippen molar-refractivity contribution in [3.05, 3.63) is 35.6 Å². The Morgan fingerprint density at radius 1 is 1.26 bits per heavy atom. The van der Waals surface area contributed by atoms with Crippen molar-refractivity contribution in [3.8, 4) is 0 Å². The van der Waals surface area contributed by atoms with E-state index in [2.05, 4.69) is 18.0 Å². The molecule has 19 heavy (non-hydrogen) atoms. The second kappa shape index (κ2) is 16.7. The molecule has 0 saturated carbocycles. The summed E-state index contributed by atoms with van der Waals surface area (Å²) in [6.07, 6.45) is 4.22. The lowest BCUT2D eigenvalue weighted by atomic mass is 10.2. The molecule has 0 heterocycles. The number of hydrogen-bond acceptors (Lipinski definition) is 3. The highest BCUT2D eigenvalue weighted by Gasteiger charge is 1.87. The summed E-state index contributed by atoms with van der Waals surface area (Å²) < 4.78 is 12.2. The van der Waals surface area contributed by atoms with Crippen LogP contribution in [-0.2, 0) is 11.2 Å². The molecule has 0 spiro atoms. The third-order valence-corrected chi connectivity index (χ3v) is 2.20. The van der Waals surface area contributed by atoms with Gasteiger partial charge in [0.25, 0.3) is 0 Å². The Balaban J connectivity index is 0. The van der Waals surface area contributed by atoms with Gasteiger partial charge in [0.2, 0.25) is 0 Å². The number of aldehydes is 1. The highest BCUT2D eigenvalue weighted by Crippen LogP contribution is 2.01. The third-order valence-electron chi connectivity index (χ3n) is 2.20. The monoisotopic (exact) mass is 270 g/mol. The zero-order valence-corrected chi connectivity index (χ0v) is 12.3. The third kappa shape index (κ3) is 16.7. The molecular formula is C15H27FN2O. The number of benzene rings is 1. The Bertz CT molecular complexity index is 285. The van der Waals surface area contributed by atoms with Gasteiger partial charge in [-0.1, -0.05) is 32.4 Å². The van der Waals surface area contributed by atoms with E-state index < -0.39 is 0 Å². The quantitative estimate of drug-likeness (QED) is 0.638. The van der Waals surface area contributed by atoms with Gasteiger partial charge in [0.1, 0.15) is 12.1 Å². The molecule has 0 amide bonds. The maximum Gasteiger partial charge on any atom is 0.133 e. The molecule has 1 rings (SSSR count). The molecule has 0 unspecified atom stereocenters. The zero-order chi connectivity index (χ0) is 14.9. The van der Waals surface area contributed by atoms with Crippen LogP contribution in [0, 0.1) is 5.82 Å². The lowest BCUT2D eigenvalue weighted by Gasteiger charge is -1.92. The predicted molar refractivity (Wildman–Crippen MR) is 79.7 cm³/mol. The molecule has 1 aromatic rings. The Hall–Kier alpha value is -1.26. The molecule has 3 nitrogen and oxygen atoms in total. The normalized spacial score (nSPS) is 8.68. The first kappa shape index (κ1) is 20.1. The van der Waals surface area contributed by atoms with Crippen LogP contribution in [0.15, 0.2) is 24.3 Å². The Morgan fingerprint density at radius 2 is 1.79 bits per heavy atom. The summed E-state index contributed by atoms with van der Waals surface area (Å²) in [5.41, 5.74) is 5.84. The van der Waals surface area contributed by atoms with Crippen LogP contribution in [0.25, 0.3) is 0 Å². The summed E-state index contributed by atoms with van der Waals surface area (Å²) >= 11 is 0. The van der Waals surface area contributed by atoms with Crippen molar-refractivity contribution in [2.75, 3.05) is 20.1 Å². The molecule has 0 saturated heterocycles. The molecule has 0 radical (unpaired) electrons. The fourth-order valence-electron chi connectivity index (χ4n) is 1.07. The lowest BCUT2D eigenvalue weighted by molar-refractivity contribution is -0.106. The van der Waals surface area contributed by atoms with E-state index in [1.807, 2.05) is 14.0 Å². The van der Waals surface area contributed by atoms with Crippen LogP contribution in [0.2, 0.25) is 0 Å². The summed E-state index contributed by atoms with van der Waals surface area (Å²) in [4.78, 5) is 9.05. The lowest BCUT2D eigenvalue weighted by Crippen LogP contribution is -2.06. The van der Waals surface area contributed by atoms with E-state index >= 15 is 0 Å². The van der Waals surface area contributed by atoms with E-state index in [0.717, 1.165) is 13.0 Å². The topological polar surface area (TPSA) is 55.1 Å². The largest absolute Gasteiger partial charge is 0.324 e. The molecule has 0 aromatic heterocycles. The van der Waals surface area contributed by atoms with Gasteiger partial charge in [0, 0.05) is 6.54 Å². The minimum absolute atomic E-state index is 0.139. The van der Waals surface area contributed by atoms with Crippen molar-refractivity contribution < 1.29 is 9.18 Å². The zero-order valence-electron chi connectivity index (χ0n) is 12.3. The molecule has 4 heteroatoms. The van der Waals surface area contributed by atoms with Crippen LogP contribution in [0.3, 0.4) is 0 Å². The fraction of sp³-hybridized carbons (Fsp3) is 0.533. The van der Waals surface area contributed by atoms with Crippen molar-refractivity contribution in [1.82, 2.24) is 5.32 Å². The molecule has 0 aliphatic rings. The fourth-order valence-corrected chi connectivity index (χ4v) is 1.07. The van der Waals surface area contributed by atoms with Crippen LogP contribution < -0.4 is 11.1 Å². The molecule has 0 aliphatic heterocycles. The first-order chi connectivity index (χ1) is 9.15. The minimum atomic E-state index is -0.160. The molecule has 0 fully saturated rings. The van der Waals surface area contributed by atoms with Gasteiger partial charge < -0.3 is 15.8 Å². The Labute approximate surface area is 116 Å². The summed E-state index contributed by atoms with van der Waals surface area (Å²) in [5.74, 6) is -0.160. The summed E-state index contributed by atoms with van der Waals surface area (Å²) in [6, 6.07) is 6.57. The smallest absolute Gasteiger partial charge is 0.133 e. The maximum atomic E-state index is 12.2. The number of hydrogen-bond donors (Lipinski definition) is 2. The van der Waals surface area contributed by atoms with Crippen molar-refractivity contribution in [2.45, 2.75) is 33.1 Å². The number of halogens is 1. The number of aryl methyl sites for hydroxylation is 1. The second-order valence-electron chi connectivity index (χ2n) is 3.84. The van der Waals surface area contributed by atoms with Crippen molar-refractivity contribution >= 4 is 6.29 Å². The SMILES string of the molecule is CCCCNC.CCc1ccc(F)cc1.NCC=O.